The van der Waals surface area contributed by atoms with Crippen molar-refractivity contribution in [3.05, 3.63) is 29.8 Å². The quantitative estimate of drug-likeness (QED) is 0.213. The first-order valence-electron chi connectivity index (χ1n) is 12.8. The number of ether oxygens (including phenoxy) is 1. The van der Waals surface area contributed by atoms with E-state index in [0.717, 1.165) is 55.6 Å². The van der Waals surface area contributed by atoms with Crippen molar-refractivity contribution in [2.45, 2.75) is 103 Å². The van der Waals surface area contributed by atoms with Crippen LogP contribution in [0.15, 0.2) is 24.3 Å². The molecule has 0 unspecified atom stereocenters. The van der Waals surface area contributed by atoms with Gasteiger partial charge in [0.1, 0.15) is 5.75 Å². The average molecular weight is 453 g/mol. The monoisotopic (exact) mass is 452 g/mol. The number of carbonyl (C=O) groups excluding carboxylic acids is 1. The Bertz CT molecular complexity index is 682. The van der Waals surface area contributed by atoms with Gasteiger partial charge in [0.25, 0.3) is 0 Å². The summed E-state index contributed by atoms with van der Waals surface area (Å²) in [5.74, 6) is 2.21. The number of esters is 1. The van der Waals surface area contributed by atoms with Crippen LogP contribution in [-0.2, 0) is 11.0 Å². The minimum absolute atomic E-state index is 0.131. The highest BCUT2D eigenvalue weighted by atomic mass is 19.4. The van der Waals surface area contributed by atoms with Gasteiger partial charge in [-0.1, -0.05) is 58.3 Å². The van der Waals surface area contributed by atoms with Crippen LogP contribution in [0.5, 0.6) is 5.75 Å². The Morgan fingerprint density at radius 3 is 1.97 bits per heavy atom. The first-order valence-corrected chi connectivity index (χ1v) is 12.8. The molecule has 0 N–H and O–H groups in total. The number of unbranched alkanes of at least 4 members (excludes halogenated alkanes) is 4. The number of alkyl halides is 3. The summed E-state index contributed by atoms with van der Waals surface area (Å²) in [6.07, 6.45) is 13.1. The minimum Gasteiger partial charge on any atom is -0.426 e. The Hall–Kier alpha value is -1.52. The number of hydrogen-bond acceptors (Lipinski definition) is 2. The van der Waals surface area contributed by atoms with Crippen LogP contribution in [0.2, 0.25) is 0 Å². The maximum Gasteiger partial charge on any atom is 0.416 e. The van der Waals surface area contributed by atoms with E-state index in [0.29, 0.717) is 0 Å². The Morgan fingerprint density at radius 2 is 1.41 bits per heavy atom. The largest absolute Gasteiger partial charge is 0.426 e. The lowest BCUT2D eigenvalue weighted by molar-refractivity contribution is -0.140. The van der Waals surface area contributed by atoms with Crippen LogP contribution >= 0.6 is 0 Å². The lowest BCUT2D eigenvalue weighted by Gasteiger charge is -2.37. The normalized spacial score (nSPS) is 26.6. The SMILES string of the molecule is CCCCCCC[C@H]1CC[C@H]([C@H]2CC[C@H](C(=O)Oc3ccc(C(F)(F)F)cc3)CC2)CC1. The summed E-state index contributed by atoms with van der Waals surface area (Å²) >= 11 is 0. The highest BCUT2D eigenvalue weighted by Gasteiger charge is 2.34. The third-order valence-corrected chi connectivity index (χ3v) is 7.78. The molecule has 5 heteroatoms. The van der Waals surface area contributed by atoms with Crippen LogP contribution in [0.25, 0.3) is 0 Å². The van der Waals surface area contributed by atoms with Gasteiger partial charge in [-0.2, -0.15) is 13.2 Å². The van der Waals surface area contributed by atoms with Crippen LogP contribution in [0.3, 0.4) is 0 Å². The van der Waals surface area contributed by atoms with Gasteiger partial charge in [-0.05, 0) is 80.5 Å². The number of carbonyl (C=O) groups is 1. The average Bonchev–Trinajstić information content (AvgIpc) is 2.79. The maximum atomic E-state index is 12.7. The number of benzene rings is 1. The molecule has 0 bridgehead atoms. The zero-order valence-corrected chi connectivity index (χ0v) is 19.5. The second kappa shape index (κ2) is 12.1. The molecule has 0 heterocycles. The molecular formula is C27H39F3O2. The molecular weight excluding hydrogens is 413 g/mol. The van der Waals surface area contributed by atoms with E-state index in [-0.39, 0.29) is 17.6 Å². The summed E-state index contributed by atoms with van der Waals surface area (Å²) in [5.41, 5.74) is -0.732. The minimum atomic E-state index is -4.38. The van der Waals surface area contributed by atoms with Gasteiger partial charge in [-0.3, -0.25) is 4.79 Å². The van der Waals surface area contributed by atoms with Crippen molar-refractivity contribution in [2.24, 2.45) is 23.7 Å². The summed E-state index contributed by atoms with van der Waals surface area (Å²) in [4.78, 5) is 12.5. The smallest absolute Gasteiger partial charge is 0.416 e. The van der Waals surface area contributed by atoms with Crippen molar-refractivity contribution in [2.75, 3.05) is 0 Å². The lowest BCUT2D eigenvalue weighted by atomic mass is 9.68. The third kappa shape index (κ3) is 7.52. The molecule has 32 heavy (non-hydrogen) atoms. The number of hydrogen-bond donors (Lipinski definition) is 0. The third-order valence-electron chi connectivity index (χ3n) is 7.78. The van der Waals surface area contributed by atoms with Crippen LogP contribution < -0.4 is 4.74 Å². The zero-order valence-electron chi connectivity index (χ0n) is 19.5. The molecule has 0 amide bonds. The molecule has 180 valence electrons. The van der Waals surface area contributed by atoms with E-state index in [4.69, 9.17) is 4.74 Å². The van der Waals surface area contributed by atoms with Crippen LogP contribution in [0.4, 0.5) is 13.2 Å². The summed E-state index contributed by atoms with van der Waals surface area (Å²) in [5, 5.41) is 0. The number of rotatable bonds is 9. The van der Waals surface area contributed by atoms with E-state index in [2.05, 4.69) is 6.92 Å². The van der Waals surface area contributed by atoms with E-state index in [1.165, 1.54) is 76.3 Å². The topological polar surface area (TPSA) is 26.3 Å². The van der Waals surface area contributed by atoms with E-state index in [1.807, 2.05) is 0 Å². The highest BCUT2D eigenvalue weighted by Crippen LogP contribution is 2.42. The van der Waals surface area contributed by atoms with Crippen LogP contribution in [0, 0.1) is 23.7 Å². The molecule has 1 aromatic rings. The number of halogens is 3. The van der Waals surface area contributed by atoms with Gasteiger partial charge in [-0.25, -0.2) is 0 Å². The van der Waals surface area contributed by atoms with Crippen molar-refractivity contribution in [3.63, 3.8) is 0 Å². The molecule has 3 rings (SSSR count). The predicted molar refractivity (Wildman–Crippen MR) is 121 cm³/mol. The first kappa shape index (κ1) is 25.1. The van der Waals surface area contributed by atoms with Crippen LogP contribution in [-0.4, -0.2) is 5.97 Å². The van der Waals surface area contributed by atoms with Gasteiger partial charge in [0.15, 0.2) is 0 Å². The fraction of sp³-hybridized carbons (Fsp3) is 0.741. The fourth-order valence-corrected chi connectivity index (χ4v) is 5.72. The lowest BCUT2D eigenvalue weighted by Crippen LogP contribution is -2.30. The molecule has 0 aliphatic heterocycles. The van der Waals surface area contributed by atoms with Gasteiger partial charge in [0.2, 0.25) is 0 Å². The summed E-state index contributed by atoms with van der Waals surface area (Å²) in [7, 11) is 0. The predicted octanol–water partition coefficient (Wildman–Crippen LogP) is 8.58. The van der Waals surface area contributed by atoms with Crippen molar-refractivity contribution < 1.29 is 22.7 Å². The molecule has 2 nitrogen and oxygen atoms in total. The molecule has 0 aromatic heterocycles. The highest BCUT2D eigenvalue weighted by molar-refractivity contribution is 5.75. The molecule has 2 saturated carbocycles. The molecule has 2 aliphatic carbocycles. The van der Waals surface area contributed by atoms with Gasteiger partial charge in [0.05, 0.1) is 11.5 Å². The Labute approximate surface area is 191 Å². The maximum absolute atomic E-state index is 12.7. The second-order valence-electron chi connectivity index (χ2n) is 10.0. The molecule has 0 radical (unpaired) electrons. The molecule has 2 fully saturated rings. The van der Waals surface area contributed by atoms with Gasteiger partial charge in [-0.15, -0.1) is 0 Å². The van der Waals surface area contributed by atoms with E-state index in [1.54, 1.807) is 0 Å². The van der Waals surface area contributed by atoms with Gasteiger partial charge >= 0.3 is 12.1 Å². The molecule has 0 saturated heterocycles. The van der Waals surface area contributed by atoms with Gasteiger partial charge in [0, 0.05) is 0 Å². The summed E-state index contributed by atoms with van der Waals surface area (Å²) < 4.78 is 43.4. The second-order valence-corrected chi connectivity index (χ2v) is 10.0. The van der Waals surface area contributed by atoms with E-state index >= 15 is 0 Å². The molecule has 2 aliphatic rings. The zero-order chi connectivity index (χ0) is 23.0. The van der Waals surface area contributed by atoms with Crippen LogP contribution in [0.1, 0.15) is 102 Å². The van der Waals surface area contributed by atoms with Crippen molar-refractivity contribution in [3.8, 4) is 5.75 Å². The Kier molecular flexibility index (Phi) is 9.48. The molecule has 0 atom stereocenters. The standard InChI is InChI=1S/C27H39F3O2/c1-2-3-4-5-6-7-20-8-10-21(11-9-20)22-12-14-23(15-13-22)26(31)32-25-18-16-24(17-19-25)27(28,29)30/h16-23H,2-15H2,1H3/t20-,21-,22-,23-. The van der Waals surface area contributed by atoms with E-state index < -0.39 is 11.7 Å². The summed E-state index contributed by atoms with van der Waals surface area (Å²) in [6.45, 7) is 2.26. The first-order chi connectivity index (χ1) is 15.4. The Morgan fingerprint density at radius 1 is 0.844 bits per heavy atom. The van der Waals surface area contributed by atoms with Crippen molar-refractivity contribution in [1.29, 1.82) is 0 Å². The van der Waals surface area contributed by atoms with E-state index in [9.17, 15) is 18.0 Å². The van der Waals surface area contributed by atoms with Gasteiger partial charge < -0.3 is 4.74 Å². The Balaban J connectivity index is 1.35. The van der Waals surface area contributed by atoms with Crippen molar-refractivity contribution in [1.82, 2.24) is 0 Å². The summed E-state index contributed by atoms with van der Waals surface area (Å²) in [6, 6.07) is 4.38. The van der Waals surface area contributed by atoms with Crippen molar-refractivity contribution >= 4 is 5.97 Å². The fourth-order valence-electron chi connectivity index (χ4n) is 5.72. The molecule has 1 aromatic carbocycles. The molecule has 0 spiro atoms.